The Bertz CT molecular complexity index is 999. The summed E-state index contributed by atoms with van der Waals surface area (Å²) in [7, 11) is 2.81. The Morgan fingerprint density at radius 2 is 2.11 bits per heavy atom. The van der Waals surface area contributed by atoms with Gasteiger partial charge in [0.2, 0.25) is 0 Å². The van der Waals surface area contributed by atoms with Crippen molar-refractivity contribution in [3.05, 3.63) is 29.6 Å². The molecule has 2 aromatic heterocycles. The van der Waals surface area contributed by atoms with E-state index in [1.807, 2.05) is 6.07 Å². The molecule has 0 amide bonds. The van der Waals surface area contributed by atoms with Gasteiger partial charge in [-0.1, -0.05) is 13.3 Å². The van der Waals surface area contributed by atoms with E-state index >= 15 is 0 Å². The number of nitrogen functional groups attached to an aromatic ring is 1. The Hall–Kier alpha value is -2.71. The van der Waals surface area contributed by atoms with Gasteiger partial charge in [0.1, 0.15) is 11.3 Å². The highest BCUT2D eigenvalue weighted by Gasteiger charge is 2.19. The monoisotopic (exact) mass is 386 g/mol. The van der Waals surface area contributed by atoms with Crippen LogP contribution in [0.25, 0.3) is 21.9 Å². The van der Waals surface area contributed by atoms with E-state index in [4.69, 9.17) is 20.2 Å². The van der Waals surface area contributed by atoms with E-state index in [1.54, 1.807) is 12.1 Å². The molecular formula is C20H26N4O4. The van der Waals surface area contributed by atoms with Gasteiger partial charge in [0.15, 0.2) is 12.1 Å². The lowest BCUT2D eigenvalue weighted by Gasteiger charge is -2.13. The molecule has 0 aliphatic carbocycles. The zero-order chi connectivity index (χ0) is 20.3. The van der Waals surface area contributed by atoms with Gasteiger partial charge in [0, 0.05) is 31.9 Å². The first-order chi connectivity index (χ1) is 13.5. The maximum absolute atomic E-state index is 11.9. The maximum Gasteiger partial charge on any atom is 0.337 e. The Morgan fingerprint density at radius 1 is 1.32 bits per heavy atom. The number of anilines is 1. The van der Waals surface area contributed by atoms with E-state index in [2.05, 4.69) is 16.5 Å². The van der Waals surface area contributed by atoms with Gasteiger partial charge in [-0.25, -0.2) is 14.8 Å². The van der Waals surface area contributed by atoms with Gasteiger partial charge in [-0.2, -0.15) is 0 Å². The van der Waals surface area contributed by atoms with E-state index in [0.717, 1.165) is 36.0 Å². The van der Waals surface area contributed by atoms with Gasteiger partial charge in [-0.3, -0.25) is 0 Å². The molecule has 2 heterocycles. The molecule has 0 aliphatic heterocycles. The number of aliphatic hydroxyl groups is 1. The summed E-state index contributed by atoms with van der Waals surface area (Å²) < 4.78 is 11.9. The van der Waals surface area contributed by atoms with Crippen LogP contribution in [0.15, 0.2) is 18.2 Å². The molecular weight excluding hydrogens is 360 g/mol. The van der Waals surface area contributed by atoms with E-state index in [-0.39, 0.29) is 0 Å². The van der Waals surface area contributed by atoms with Crippen molar-refractivity contribution in [1.29, 1.82) is 0 Å². The fraction of sp³-hybridized carbons (Fsp3) is 0.450. The van der Waals surface area contributed by atoms with Gasteiger partial charge < -0.3 is 24.9 Å². The number of nitrogens with two attached hydrogens (primary N) is 1. The maximum atomic E-state index is 11.9. The standard InChI is InChI=1S/C20H26N4O4/c1-4-5-6-15-23-17-18(24(15)10-9-16(25)27-2)13-8-7-12(20(26)28-3)11-14(13)22-19(17)21/h7-8,11,16,25H,4-6,9-10H2,1-3H3,(H2,21,22). The molecule has 3 aromatic rings. The minimum absolute atomic E-state index is 0.313. The lowest BCUT2D eigenvalue weighted by molar-refractivity contribution is -0.0801. The quantitative estimate of drug-likeness (QED) is 0.452. The fourth-order valence-corrected chi connectivity index (χ4v) is 3.33. The second-order valence-electron chi connectivity index (χ2n) is 6.68. The van der Waals surface area contributed by atoms with Crippen LogP contribution < -0.4 is 5.73 Å². The van der Waals surface area contributed by atoms with Crippen LogP contribution in [0.2, 0.25) is 0 Å². The van der Waals surface area contributed by atoms with Gasteiger partial charge in [0.05, 0.1) is 23.7 Å². The summed E-state index contributed by atoms with van der Waals surface area (Å²) in [4.78, 5) is 21.1. The summed E-state index contributed by atoms with van der Waals surface area (Å²) in [5, 5.41) is 10.7. The third-order valence-electron chi connectivity index (χ3n) is 4.83. The predicted molar refractivity (Wildman–Crippen MR) is 107 cm³/mol. The molecule has 3 rings (SSSR count). The van der Waals surface area contributed by atoms with Gasteiger partial charge in [0.25, 0.3) is 0 Å². The van der Waals surface area contributed by atoms with Crippen LogP contribution in [-0.4, -0.2) is 46.1 Å². The number of ether oxygens (including phenoxy) is 2. The molecule has 150 valence electrons. The van der Waals surface area contributed by atoms with E-state index < -0.39 is 12.3 Å². The highest BCUT2D eigenvalue weighted by Crippen LogP contribution is 2.30. The molecule has 0 bridgehead atoms. The van der Waals surface area contributed by atoms with Crippen molar-refractivity contribution in [2.45, 2.75) is 45.4 Å². The predicted octanol–water partition coefficient (Wildman–Crippen LogP) is 2.65. The van der Waals surface area contributed by atoms with Crippen LogP contribution in [0.1, 0.15) is 42.4 Å². The first-order valence-corrected chi connectivity index (χ1v) is 9.37. The number of pyridine rings is 1. The number of aromatic nitrogens is 3. The topological polar surface area (TPSA) is 112 Å². The SMILES string of the molecule is CCCCc1nc2c(N)nc3cc(C(=O)OC)ccc3c2n1CCC(O)OC. The molecule has 0 saturated carbocycles. The molecule has 0 spiro atoms. The summed E-state index contributed by atoms with van der Waals surface area (Å²) >= 11 is 0. The number of hydrogen-bond acceptors (Lipinski definition) is 7. The Balaban J connectivity index is 2.20. The third-order valence-corrected chi connectivity index (χ3v) is 4.83. The molecule has 0 fully saturated rings. The number of carbonyl (C=O) groups is 1. The minimum atomic E-state index is -0.854. The second kappa shape index (κ2) is 8.53. The van der Waals surface area contributed by atoms with E-state index in [0.29, 0.717) is 35.4 Å². The zero-order valence-electron chi connectivity index (χ0n) is 16.4. The summed E-state index contributed by atoms with van der Waals surface area (Å²) in [6.07, 6.45) is 2.41. The lowest BCUT2D eigenvalue weighted by atomic mass is 10.1. The van der Waals surface area contributed by atoms with Crippen LogP contribution in [-0.2, 0) is 22.4 Å². The van der Waals surface area contributed by atoms with E-state index in [9.17, 15) is 9.90 Å². The van der Waals surface area contributed by atoms with Crippen LogP contribution in [0.3, 0.4) is 0 Å². The van der Waals surface area contributed by atoms with Crippen LogP contribution in [0.5, 0.6) is 0 Å². The Labute approximate surface area is 163 Å². The Kier molecular flexibility index (Phi) is 6.11. The molecule has 3 N–H and O–H groups in total. The average molecular weight is 386 g/mol. The molecule has 1 unspecified atom stereocenters. The van der Waals surface area contributed by atoms with Crippen molar-refractivity contribution in [3.8, 4) is 0 Å². The van der Waals surface area contributed by atoms with Crippen LogP contribution >= 0.6 is 0 Å². The number of aliphatic hydroxyl groups excluding tert-OH is 1. The number of hydrogen-bond donors (Lipinski definition) is 2. The van der Waals surface area contributed by atoms with Crippen molar-refractivity contribution in [2.24, 2.45) is 0 Å². The molecule has 0 radical (unpaired) electrons. The van der Waals surface area contributed by atoms with Gasteiger partial charge >= 0.3 is 5.97 Å². The number of fused-ring (bicyclic) bond motifs is 3. The molecule has 28 heavy (non-hydrogen) atoms. The number of carbonyl (C=O) groups excluding carboxylic acids is 1. The van der Waals surface area contributed by atoms with Crippen LogP contribution in [0.4, 0.5) is 5.82 Å². The summed E-state index contributed by atoms with van der Waals surface area (Å²) in [5.74, 6) is 0.786. The number of methoxy groups -OCH3 is 2. The summed E-state index contributed by atoms with van der Waals surface area (Å²) in [5.41, 5.74) is 8.70. The molecule has 0 aliphatic rings. The molecule has 8 nitrogen and oxygen atoms in total. The van der Waals surface area contributed by atoms with Crippen molar-refractivity contribution in [1.82, 2.24) is 14.5 Å². The normalized spacial score (nSPS) is 12.6. The zero-order valence-corrected chi connectivity index (χ0v) is 16.4. The van der Waals surface area contributed by atoms with Crippen molar-refractivity contribution in [2.75, 3.05) is 20.0 Å². The highest BCUT2D eigenvalue weighted by molar-refractivity contribution is 6.08. The number of unbranched alkanes of at least 4 members (excludes halogenated alkanes) is 1. The number of rotatable bonds is 8. The first kappa shape index (κ1) is 20.0. The smallest absolute Gasteiger partial charge is 0.337 e. The molecule has 1 aromatic carbocycles. The fourth-order valence-electron chi connectivity index (χ4n) is 3.33. The van der Waals surface area contributed by atoms with Crippen molar-refractivity contribution >= 4 is 33.7 Å². The van der Waals surface area contributed by atoms with Crippen LogP contribution in [0, 0.1) is 0 Å². The summed E-state index contributed by atoms with van der Waals surface area (Å²) in [6.45, 7) is 2.66. The molecule has 0 saturated heterocycles. The highest BCUT2D eigenvalue weighted by atomic mass is 16.6. The molecule has 1 atom stereocenters. The number of imidazole rings is 1. The third kappa shape index (κ3) is 3.79. The van der Waals surface area contributed by atoms with E-state index in [1.165, 1.54) is 14.2 Å². The average Bonchev–Trinajstić information content (AvgIpc) is 3.08. The van der Waals surface area contributed by atoms with Gasteiger partial charge in [-0.15, -0.1) is 0 Å². The first-order valence-electron chi connectivity index (χ1n) is 9.37. The van der Waals surface area contributed by atoms with Gasteiger partial charge in [-0.05, 0) is 24.6 Å². The van der Waals surface area contributed by atoms with Crippen molar-refractivity contribution < 1.29 is 19.4 Å². The number of esters is 1. The largest absolute Gasteiger partial charge is 0.465 e. The summed E-state index contributed by atoms with van der Waals surface area (Å²) in [6, 6.07) is 5.22. The number of aryl methyl sites for hydroxylation is 2. The number of nitrogens with zero attached hydrogens (tertiary/aromatic N) is 3. The Morgan fingerprint density at radius 3 is 2.79 bits per heavy atom. The molecule has 8 heteroatoms. The second-order valence-corrected chi connectivity index (χ2v) is 6.68. The lowest BCUT2D eigenvalue weighted by Crippen LogP contribution is -2.14. The van der Waals surface area contributed by atoms with Crippen molar-refractivity contribution in [3.63, 3.8) is 0 Å². The minimum Gasteiger partial charge on any atom is -0.465 e. The number of benzene rings is 1.